The van der Waals surface area contributed by atoms with Crippen molar-refractivity contribution in [2.24, 2.45) is 0 Å². The van der Waals surface area contributed by atoms with Gasteiger partial charge in [0.25, 0.3) is 0 Å². The number of hydrogen-bond donors (Lipinski definition) is 2. The predicted molar refractivity (Wildman–Crippen MR) is 89.0 cm³/mol. The van der Waals surface area contributed by atoms with Crippen molar-refractivity contribution in [3.8, 4) is 0 Å². The molecule has 0 amide bonds. The Hall–Kier alpha value is -1.24. The molecule has 2 N–H and O–H groups in total. The van der Waals surface area contributed by atoms with Crippen LogP contribution in [0.3, 0.4) is 0 Å². The fourth-order valence-corrected chi connectivity index (χ4v) is 2.56. The molecule has 1 aliphatic heterocycles. The Morgan fingerprint density at radius 1 is 1.23 bits per heavy atom. The number of piperazine rings is 1. The summed E-state index contributed by atoms with van der Waals surface area (Å²) in [5, 5.41) is 12.7. The lowest BCUT2D eigenvalue weighted by Crippen LogP contribution is -2.45. The summed E-state index contributed by atoms with van der Waals surface area (Å²) in [6.45, 7) is 9.30. The van der Waals surface area contributed by atoms with Crippen LogP contribution in [-0.4, -0.2) is 65.3 Å². The summed E-state index contributed by atoms with van der Waals surface area (Å²) in [6.07, 6.45) is 5.54. The van der Waals surface area contributed by atoms with Crippen LogP contribution in [0, 0.1) is 0 Å². The lowest BCUT2D eigenvalue weighted by Gasteiger charge is -2.32. The van der Waals surface area contributed by atoms with Crippen molar-refractivity contribution < 1.29 is 5.11 Å². The van der Waals surface area contributed by atoms with Gasteiger partial charge in [-0.05, 0) is 26.8 Å². The zero-order chi connectivity index (χ0) is 16.0. The van der Waals surface area contributed by atoms with Crippen LogP contribution in [0.1, 0.15) is 32.3 Å². The van der Waals surface area contributed by atoms with Crippen molar-refractivity contribution in [3.05, 3.63) is 18.0 Å². The number of aliphatic hydroxyl groups is 1. The van der Waals surface area contributed by atoms with E-state index in [1.54, 1.807) is 0 Å². The van der Waals surface area contributed by atoms with Gasteiger partial charge in [0.1, 0.15) is 0 Å². The molecule has 1 atom stereocenters. The van der Waals surface area contributed by atoms with E-state index in [0.717, 1.165) is 57.1 Å². The molecule has 1 fully saturated rings. The number of aromatic nitrogens is 2. The number of aliphatic hydroxyl groups excluding tert-OH is 1. The van der Waals surface area contributed by atoms with Crippen LogP contribution in [0.5, 0.6) is 0 Å². The highest BCUT2D eigenvalue weighted by molar-refractivity contribution is 5.30. The zero-order valence-corrected chi connectivity index (χ0v) is 14.0. The Labute approximate surface area is 133 Å². The summed E-state index contributed by atoms with van der Waals surface area (Å²) in [7, 11) is 2.14. The second-order valence-corrected chi connectivity index (χ2v) is 6.42. The molecule has 0 spiro atoms. The molecule has 1 aliphatic rings. The number of rotatable bonds is 7. The summed E-state index contributed by atoms with van der Waals surface area (Å²) < 4.78 is 0. The fourth-order valence-electron chi connectivity index (χ4n) is 2.56. The maximum absolute atomic E-state index is 9.16. The molecule has 6 heteroatoms. The van der Waals surface area contributed by atoms with E-state index in [2.05, 4.69) is 46.0 Å². The third-order valence-corrected chi connectivity index (χ3v) is 4.64. The first-order valence-electron chi connectivity index (χ1n) is 8.16. The highest BCUT2D eigenvalue weighted by atomic mass is 16.3. The van der Waals surface area contributed by atoms with Crippen molar-refractivity contribution in [1.82, 2.24) is 20.2 Å². The van der Waals surface area contributed by atoms with Gasteiger partial charge in [-0.2, -0.15) is 0 Å². The quantitative estimate of drug-likeness (QED) is 0.779. The summed E-state index contributed by atoms with van der Waals surface area (Å²) in [5.41, 5.74) is 1.04. The lowest BCUT2D eigenvalue weighted by atomic mass is 9.95. The van der Waals surface area contributed by atoms with E-state index in [0.29, 0.717) is 0 Å². The van der Waals surface area contributed by atoms with Gasteiger partial charge in [-0.25, -0.2) is 9.97 Å². The second kappa shape index (κ2) is 7.85. The number of nitrogens with zero attached hydrogens (tertiary/aromatic N) is 4. The molecule has 0 aromatic carbocycles. The summed E-state index contributed by atoms with van der Waals surface area (Å²) in [6, 6.07) is 0. The SMILES string of the molecule is CCC(C)(CCO)NCc1cnc(N2CCN(C)CC2)nc1. The van der Waals surface area contributed by atoms with Crippen LogP contribution < -0.4 is 10.2 Å². The smallest absolute Gasteiger partial charge is 0.225 e. The molecule has 0 bridgehead atoms. The number of nitrogens with one attached hydrogen (secondary N) is 1. The second-order valence-electron chi connectivity index (χ2n) is 6.42. The maximum atomic E-state index is 9.16. The molecular formula is C16H29N5O. The third-order valence-electron chi connectivity index (χ3n) is 4.64. The van der Waals surface area contributed by atoms with Crippen molar-refractivity contribution in [2.45, 2.75) is 38.8 Å². The van der Waals surface area contributed by atoms with Crippen molar-refractivity contribution in [3.63, 3.8) is 0 Å². The van der Waals surface area contributed by atoms with Gasteiger partial charge in [0.15, 0.2) is 0 Å². The molecule has 0 radical (unpaired) electrons. The Balaban J connectivity index is 1.89. The zero-order valence-electron chi connectivity index (χ0n) is 14.0. The molecule has 1 unspecified atom stereocenters. The normalized spacial score (nSPS) is 19.2. The van der Waals surface area contributed by atoms with Crippen LogP contribution in [0.2, 0.25) is 0 Å². The number of anilines is 1. The summed E-state index contributed by atoms with van der Waals surface area (Å²) in [4.78, 5) is 13.6. The van der Waals surface area contributed by atoms with Gasteiger partial charge in [0.05, 0.1) is 0 Å². The molecule has 0 aliphatic carbocycles. The highest BCUT2D eigenvalue weighted by Crippen LogP contribution is 2.15. The minimum atomic E-state index is -0.0368. The predicted octanol–water partition coefficient (Wildman–Crippen LogP) is 0.869. The first-order valence-corrected chi connectivity index (χ1v) is 8.16. The first-order chi connectivity index (χ1) is 10.6. The van der Waals surface area contributed by atoms with E-state index >= 15 is 0 Å². The molecule has 6 nitrogen and oxygen atoms in total. The topological polar surface area (TPSA) is 64.5 Å². The van der Waals surface area contributed by atoms with Crippen LogP contribution in [0.4, 0.5) is 5.95 Å². The van der Waals surface area contributed by atoms with Crippen LogP contribution in [0.15, 0.2) is 12.4 Å². The van der Waals surface area contributed by atoms with Crippen LogP contribution in [0.25, 0.3) is 0 Å². The number of hydrogen-bond acceptors (Lipinski definition) is 6. The van der Waals surface area contributed by atoms with Crippen molar-refractivity contribution in [1.29, 1.82) is 0 Å². The Morgan fingerprint density at radius 2 is 1.86 bits per heavy atom. The maximum Gasteiger partial charge on any atom is 0.225 e. The van der Waals surface area contributed by atoms with Gasteiger partial charge in [-0.3, -0.25) is 0 Å². The molecule has 1 aromatic rings. The first kappa shape index (κ1) is 17.1. The number of likely N-dealkylation sites (N-methyl/N-ethyl adjacent to an activating group) is 1. The average Bonchev–Trinajstić information content (AvgIpc) is 2.55. The van der Waals surface area contributed by atoms with E-state index < -0.39 is 0 Å². The van der Waals surface area contributed by atoms with E-state index in [1.807, 2.05) is 12.4 Å². The molecule has 1 aromatic heterocycles. The van der Waals surface area contributed by atoms with Gasteiger partial charge in [0.2, 0.25) is 5.95 Å². The van der Waals surface area contributed by atoms with Gasteiger partial charge in [-0.1, -0.05) is 6.92 Å². The molecule has 22 heavy (non-hydrogen) atoms. The largest absolute Gasteiger partial charge is 0.396 e. The minimum absolute atomic E-state index is 0.0368. The van der Waals surface area contributed by atoms with Crippen molar-refractivity contribution in [2.75, 3.05) is 44.7 Å². The average molecular weight is 307 g/mol. The van der Waals surface area contributed by atoms with E-state index in [9.17, 15) is 0 Å². The van der Waals surface area contributed by atoms with E-state index in [1.165, 1.54) is 0 Å². The van der Waals surface area contributed by atoms with Gasteiger partial charge >= 0.3 is 0 Å². The molecule has 124 valence electrons. The van der Waals surface area contributed by atoms with Crippen molar-refractivity contribution >= 4 is 5.95 Å². The Bertz CT molecular complexity index is 444. The minimum Gasteiger partial charge on any atom is -0.396 e. The Morgan fingerprint density at radius 3 is 2.41 bits per heavy atom. The molecule has 1 saturated heterocycles. The highest BCUT2D eigenvalue weighted by Gasteiger charge is 2.20. The molecular weight excluding hydrogens is 278 g/mol. The molecule has 0 saturated carbocycles. The van der Waals surface area contributed by atoms with Gasteiger partial charge in [-0.15, -0.1) is 0 Å². The van der Waals surface area contributed by atoms with Crippen LogP contribution >= 0.6 is 0 Å². The molecule has 2 rings (SSSR count). The summed E-state index contributed by atoms with van der Waals surface area (Å²) >= 11 is 0. The van der Waals surface area contributed by atoms with Gasteiger partial charge < -0.3 is 20.2 Å². The molecule has 2 heterocycles. The summed E-state index contributed by atoms with van der Waals surface area (Å²) in [5.74, 6) is 0.825. The van der Waals surface area contributed by atoms with E-state index in [4.69, 9.17) is 5.11 Å². The monoisotopic (exact) mass is 307 g/mol. The van der Waals surface area contributed by atoms with Crippen LogP contribution in [-0.2, 0) is 6.54 Å². The van der Waals surface area contributed by atoms with E-state index in [-0.39, 0.29) is 12.1 Å². The van der Waals surface area contributed by atoms with Gasteiger partial charge in [0, 0.05) is 62.8 Å². The standard InChI is InChI=1S/C16H29N5O/c1-4-16(2,5-10-22)19-13-14-11-17-15(18-12-14)21-8-6-20(3)7-9-21/h11-12,19,22H,4-10,13H2,1-3H3. The fraction of sp³-hybridized carbons (Fsp3) is 0.750. The lowest BCUT2D eigenvalue weighted by molar-refractivity contribution is 0.214. The Kier molecular flexibility index (Phi) is 6.11. The third kappa shape index (κ3) is 4.63.